The summed E-state index contributed by atoms with van der Waals surface area (Å²) in [6.07, 6.45) is 3.49. The van der Waals surface area contributed by atoms with Crippen LogP contribution in [-0.2, 0) is 19.1 Å². The van der Waals surface area contributed by atoms with Crippen LogP contribution >= 0.6 is 0 Å². The monoisotopic (exact) mass is 299 g/mol. The van der Waals surface area contributed by atoms with Crippen molar-refractivity contribution < 1.29 is 19.1 Å². The van der Waals surface area contributed by atoms with Crippen LogP contribution in [0.25, 0.3) is 0 Å². The van der Waals surface area contributed by atoms with Crippen LogP contribution in [-0.4, -0.2) is 36.7 Å². The third kappa shape index (κ3) is 1.69. The summed E-state index contributed by atoms with van der Waals surface area (Å²) in [5.41, 5.74) is 0.147. The molecule has 3 aliphatic rings. The molecule has 0 radical (unpaired) electrons. The summed E-state index contributed by atoms with van der Waals surface area (Å²) in [5.74, 6) is -1.42. The van der Waals surface area contributed by atoms with Crippen LogP contribution in [0.15, 0.2) is 42.5 Å². The Morgan fingerprint density at radius 3 is 2.91 bits per heavy atom. The van der Waals surface area contributed by atoms with Crippen LogP contribution in [0.5, 0.6) is 0 Å². The number of hydrogen-bond acceptors (Lipinski definition) is 4. The van der Waals surface area contributed by atoms with E-state index in [1.807, 2.05) is 42.5 Å². The van der Waals surface area contributed by atoms with Crippen LogP contribution in [0.2, 0.25) is 0 Å². The maximum Gasteiger partial charge on any atom is 0.312 e. The van der Waals surface area contributed by atoms with Gasteiger partial charge in [-0.2, -0.15) is 0 Å². The van der Waals surface area contributed by atoms with Crippen molar-refractivity contribution in [2.45, 2.75) is 18.6 Å². The van der Waals surface area contributed by atoms with E-state index in [1.54, 1.807) is 11.8 Å². The van der Waals surface area contributed by atoms with E-state index < -0.39 is 17.4 Å². The Morgan fingerprint density at radius 1 is 1.41 bits per heavy atom. The van der Waals surface area contributed by atoms with Gasteiger partial charge in [0.15, 0.2) is 0 Å². The van der Waals surface area contributed by atoms with E-state index in [0.29, 0.717) is 13.2 Å². The highest BCUT2D eigenvalue weighted by Gasteiger charge is 2.67. The minimum atomic E-state index is -0.685. The summed E-state index contributed by atoms with van der Waals surface area (Å²) in [6.45, 7) is 2.52. The number of para-hydroxylation sites is 1. The first-order chi connectivity index (χ1) is 10.7. The highest BCUT2D eigenvalue weighted by atomic mass is 16.6. The van der Waals surface area contributed by atoms with Crippen molar-refractivity contribution in [2.24, 2.45) is 11.8 Å². The Kier molecular flexibility index (Phi) is 2.87. The van der Waals surface area contributed by atoms with Gasteiger partial charge in [0.05, 0.1) is 25.2 Å². The number of benzene rings is 1. The van der Waals surface area contributed by atoms with Crippen molar-refractivity contribution >= 4 is 17.6 Å². The second-order valence-electron chi connectivity index (χ2n) is 5.91. The molecule has 1 spiro atoms. The Morgan fingerprint density at radius 2 is 2.18 bits per heavy atom. The van der Waals surface area contributed by atoms with Crippen LogP contribution in [0, 0.1) is 11.8 Å². The average molecular weight is 299 g/mol. The quantitative estimate of drug-likeness (QED) is 0.627. The van der Waals surface area contributed by atoms with E-state index in [4.69, 9.17) is 9.47 Å². The molecular formula is C17H17NO4. The largest absolute Gasteiger partial charge is 0.466 e. The van der Waals surface area contributed by atoms with Gasteiger partial charge in [0.2, 0.25) is 5.91 Å². The van der Waals surface area contributed by atoms with Crippen molar-refractivity contribution in [3.8, 4) is 0 Å². The summed E-state index contributed by atoms with van der Waals surface area (Å²) in [6, 6.07) is 9.49. The summed E-state index contributed by atoms with van der Waals surface area (Å²) >= 11 is 0. The summed E-state index contributed by atoms with van der Waals surface area (Å²) < 4.78 is 11.2. The molecule has 1 aromatic carbocycles. The molecule has 0 N–H and O–H groups in total. The van der Waals surface area contributed by atoms with Crippen LogP contribution in [0.1, 0.15) is 6.92 Å². The van der Waals surface area contributed by atoms with Crippen LogP contribution < -0.4 is 4.90 Å². The molecule has 22 heavy (non-hydrogen) atoms. The lowest BCUT2D eigenvalue weighted by molar-refractivity contribution is -0.151. The topological polar surface area (TPSA) is 55.8 Å². The molecule has 1 aromatic rings. The minimum Gasteiger partial charge on any atom is -0.466 e. The predicted molar refractivity (Wildman–Crippen MR) is 79.2 cm³/mol. The van der Waals surface area contributed by atoms with Gasteiger partial charge in [0.25, 0.3) is 0 Å². The molecule has 2 bridgehead atoms. The minimum absolute atomic E-state index is 0.0592. The fourth-order valence-corrected chi connectivity index (χ4v) is 3.83. The molecule has 2 saturated heterocycles. The molecule has 3 aliphatic heterocycles. The molecule has 5 nitrogen and oxygen atoms in total. The molecule has 114 valence electrons. The summed E-state index contributed by atoms with van der Waals surface area (Å²) in [4.78, 5) is 26.9. The third-order valence-corrected chi connectivity index (χ3v) is 4.73. The van der Waals surface area contributed by atoms with Gasteiger partial charge >= 0.3 is 5.97 Å². The van der Waals surface area contributed by atoms with Gasteiger partial charge in [0, 0.05) is 5.69 Å². The lowest BCUT2D eigenvalue weighted by Gasteiger charge is -2.22. The van der Waals surface area contributed by atoms with Gasteiger partial charge in [-0.3, -0.25) is 9.59 Å². The zero-order valence-corrected chi connectivity index (χ0v) is 12.3. The normalized spacial score (nSPS) is 35.0. The van der Waals surface area contributed by atoms with E-state index in [1.165, 1.54) is 0 Å². The number of fused-ring (bicyclic) bond motifs is 1. The molecule has 0 saturated carbocycles. The molecule has 5 heteroatoms. The molecule has 0 aliphatic carbocycles. The van der Waals surface area contributed by atoms with E-state index in [2.05, 4.69) is 0 Å². The number of ether oxygens (including phenoxy) is 2. The van der Waals surface area contributed by atoms with Crippen molar-refractivity contribution in [2.75, 3.05) is 18.1 Å². The average Bonchev–Trinajstić information content (AvgIpc) is 3.17. The first-order valence-corrected chi connectivity index (χ1v) is 7.56. The molecular weight excluding hydrogens is 282 g/mol. The second kappa shape index (κ2) is 4.68. The maximum absolute atomic E-state index is 12.9. The lowest BCUT2D eigenvalue weighted by Crippen LogP contribution is -2.40. The Labute approximate surface area is 128 Å². The molecule has 1 amide bonds. The van der Waals surface area contributed by atoms with Crippen molar-refractivity contribution in [3.63, 3.8) is 0 Å². The van der Waals surface area contributed by atoms with Crippen LogP contribution in [0.4, 0.5) is 5.69 Å². The smallest absolute Gasteiger partial charge is 0.312 e. The van der Waals surface area contributed by atoms with E-state index in [-0.39, 0.29) is 18.0 Å². The molecule has 3 heterocycles. The first-order valence-electron chi connectivity index (χ1n) is 7.56. The van der Waals surface area contributed by atoms with Gasteiger partial charge in [-0.05, 0) is 19.1 Å². The first kappa shape index (κ1) is 13.5. The number of anilines is 1. The van der Waals surface area contributed by atoms with E-state index in [0.717, 1.165) is 5.69 Å². The maximum atomic E-state index is 12.9. The number of rotatable bonds is 3. The van der Waals surface area contributed by atoms with Gasteiger partial charge in [-0.1, -0.05) is 30.4 Å². The number of nitrogens with zero attached hydrogens (tertiary/aromatic N) is 1. The van der Waals surface area contributed by atoms with Gasteiger partial charge in [0.1, 0.15) is 11.5 Å². The highest BCUT2D eigenvalue weighted by molar-refractivity contribution is 6.02. The zero-order chi connectivity index (χ0) is 15.3. The number of carbonyl (C=O) groups is 2. The van der Waals surface area contributed by atoms with Crippen LogP contribution in [0.3, 0.4) is 0 Å². The highest BCUT2D eigenvalue weighted by Crippen LogP contribution is 2.52. The van der Waals surface area contributed by atoms with Gasteiger partial charge < -0.3 is 14.4 Å². The van der Waals surface area contributed by atoms with Gasteiger partial charge in [-0.15, -0.1) is 0 Å². The number of esters is 1. The van der Waals surface area contributed by atoms with Crippen molar-refractivity contribution in [3.05, 3.63) is 42.5 Å². The predicted octanol–water partition coefficient (Wildman–Crippen LogP) is 1.54. The second-order valence-corrected chi connectivity index (χ2v) is 5.91. The molecule has 4 atom stereocenters. The summed E-state index contributed by atoms with van der Waals surface area (Å²) in [7, 11) is 0. The Hall–Kier alpha value is -2.14. The number of carbonyl (C=O) groups excluding carboxylic acids is 2. The molecule has 0 aromatic heterocycles. The number of hydrogen-bond donors (Lipinski definition) is 0. The van der Waals surface area contributed by atoms with Crippen molar-refractivity contribution in [1.82, 2.24) is 0 Å². The summed E-state index contributed by atoms with van der Waals surface area (Å²) in [5, 5.41) is 0. The third-order valence-electron chi connectivity index (χ3n) is 4.73. The van der Waals surface area contributed by atoms with Gasteiger partial charge in [-0.25, -0.2) is 0 Å². The SMILES string of the molecule is CCOC(=O)[C@@H]1[C@H]2C(=O)N(c3ccccc3)C[C@]23C=C[C@H]1O3. The van der Waals surface area contributed by atoms with E-state index in [9.17, 15) is 9.59 Å². The lowest BCUT2D eigenvalue weighted by atomic mass is 9.77. The molecule has 2 fully saturated rings. The molecule has 4 rings (SSSR count). The fraction of sp³-hybridized carbons (Fsp3) is 0.412. The standard InChI is InChI=1S/C17H17NO4/c1-2-21-16(20)13-12-8-9-17(22-12)10-18(15(19)14(13)17)11-6-4-3-5-7-11/h3-9,12-14H,2,10H2,1H3/t12-,13+,14+,17-/m1/s1. The van der Waals surface area contributed by atoms with Crippen molar-refractivity contribution in [1.29, 1.82) is 0 Å². The molecule has 0 unspecified atom stereocenters. The fourth-order valence-electron chi connectivity index (χ4n) is 3.83. The Bertz CT molecular complexity index is 656. The Balaban J connectivity index is 1.69. The van der Waals surface area contributed by atoms with E-state index >= 15 is 0 Å². The zero-order valence-electron chi connectivity index (χ0n) is 12.3. The number of amides is 1.